The van der Waals surface area contributed by atoms with E-state index < -0.39 is 0 Å². The van der Waals surface area contributed by atoms with Gasteiger partial charge in [0.05, 0.1) is 0 Å². The van der Waals surface area contributed by atoms with Gasteiger partial charge in [-0.2, -0.15) is 0 Å². The normalized spacial score (nSPS) is 12.5. The fraction of sp³-hybridized carbons (Fsp3) is 0.478. The summed E-state index contributed by atoms with van der Waals surface area (Å²) < 4.78 is 1.96. The Morgan fingerprint density at radius 3 is 2.24 bits per heavy atom. The minimum atomic E-state index is -0.196. The minimum Gasteiger partial charge on any atom is -0.507 e. The lowest BCUT2D eigenvalue weighted by atomic mass is 9.78. The number of nitrogens with zero attached hydrogens (tertiary/aromatic N) is 2. The van der Waals surface area contributed by atoms with Crippen LogP contribution in [-0.4, -0.2) is 32.9 Å². The van der Waals surface area contributed by atoms with Gasteiger partial charge in [-0.3, -0.25) is 4.79 Å². The Morgan fingerprint density at radius 2 is 1.76 bits per heavy atom. The molecular formula is C23H33N3O2S. The topological polar surface area (TPSA) is 67.2 Å². The number of nitrogens with one attached hydrogen (secondary N) is 1. The lowest BCUT2D eigenvalue weighted by Crippen LogP contribution is -2.23. The third-order valence-electron chi connectivity index (χ3n) is 4.58. The number of rotatable bonds is 6. The summed E-state index contributed by atoms with van der Waals surface area (Å²) in [6.07, 6.45) is 7.03. The van der Waals surface area contributed by atoms with Crippen LogP contribution in [0.4, 0.5) is 0 Å². The molecule has 0 aliphatic rings. The molecule has 6 heteroatoms. The van der Waals surface area contributed by atoms with Gasteiger partial charge in [0.2, 0.25) is 5.91 Å². The zero-order valence-electron chi connectivity index (χ0n) is 18.5. The van der Waals surface area contributed by atoms with E-state index in [1.165, 1.54) is 0 Å². The highest BCUT2D eigenvalue weighted by atomic mass is 32.2. The molecule has 2 rings (SSSR count). The standard InChI is InChI=1S/C23H33N3O2S/c1-22(2,3)17-14-16(15-18(20(17)28)23(4,5)6)8-9-19(27)24-11-13-29-21-25-10-12-26(21)7/h8-10,12,14-15,28H,11,13H2,1-7H3,(H,24,27)/b9-8+. The lowest BCUT2D eigenvalue weighted by Gasteiger charge is -2.27. The van der Waals surface area contributed by atoms with E-state index in [2.05, 4.69) is 51.8 Å². The average molecular weight is 416 g/mol. The predicted octanol–water partition coefficient (Wildman–Crippen LogP) is 4.64. The number of amides is 1. The van der Waals surface area contributed by atoms with Gasteiger partial charge in [-0.25, -0.2) is 4.98 Å². The Labute approximate surface area is 178 Å². The number of hydrogen-bond acceptors (Lipinski definition) is 4. The second-order valence-electron chi connectivity index (χ2n) is 9.26. The number of imidazole rings is 1. The zero-order valence-corrected chi connectivity index (χ0v) is 19.4. The van der Waals surface area contributed by atoms with Gasteiger partial charge in [-0.1, -0.05) is 53.3 Å². The first-order valence-electron chi connectivity index (χ1n) is 9.83. The number of benzene rings is 1. The lowest BCUT2D eigenvalue weighted by molar-refractivity contribution is -0.116. The maximum atomic E-state index is 12.2. The fourth-order valence-corrected chi connectivity index (χ4v) is 3.72. The van der Waals surface area contributed by atoms with Crippen molar-refractivity contribution < 1.29 is 9.90 Å². The maximum absolute atomic E-state index is 12.2. The molecule has 1 heterocycles. The molecule has 0 bridgehead atoms. The van der Waals surface area contributed by atoms with Crippen LogP contribution in [0.1, 0.15) is 58.2 Å². The second kappa shape index (κ2) is 9.08. The summed E-state index contributed by atoms with van der Waals surface area (Å²) in [5, 5.41) is 14.6. The highest BCUT2D eigenvalue weighted by Gasteiger charge is 2.26. The molecule has 0 radical (unpaired) electrons. The van der Waals surface area contributed by atoms with Gasteiger partial charge in [0.15, 0.2) is 5.16 Å². The number of aryl methyl sites for hydroxylation is 1. The van der Waals surface area contributed by atoms with E-state index in [1.54, 1.807) is 24.0 Å². The van der Waals surface area contributed by atoms with E-state index in [-0.39, 0.29) is 16.7 Å². The van der Waals surface area contributed by atoms with Crippen molar-refractivity contribution in [1.82, 2.24) is 14.9 Å². The SMILES string of the molecule is Cn1ccnc1SCCNC(=O)/C=C/c1cc(C(C)(C)C)c(O)c(C(C)(C)C)c1. The van der Waals surface area contributed by atoms with E-state index in [1.807, 2.05) is 36.0 Å². The number of carbonyl (C=O) groups excluding carboxylic acids is 1. The van der Waals surface area contributed by atoms with Crippen molar-refractivity contribution in [3.8, 4) is 5.75 Å². The number of aromatic nitrogens is 2. The second-order valence-corrected chi connectivity index (χ2v) is 10.3. The highest BCUT2D eigenvalue weighted by molar-refractivity contribution is 7.99. The quantitative estimate of drug-likeness (QED) is 0.410. The van der Waals surface area contributed by atoms with Gasteiger partial charge in [0.25, 0.3) is 0 Å². The summed E-state index contributed by atoms with van der Waals surface area (Å²) >= 11 is 1.61. The van der Waals surface area contributed by atoms with Crippen LogP contribution < -0.4 is 5.32 Å². The van der Waals surface area contributed by atoms with Crippen molar-refractivity contribution in [3.05, 3.63) is 47.3 Å². The van der Waals surface area contributed by atoms with Crippen LogP contribution in [0.5, 0.6) is 5.75 Å². The van der Waals surface area contributed by atoms with Gasteiger partial charge in [0.1, 0.15) is 5.75 Å². The van der Waals surface area contributed by atoms with Crippen LogP contribution >= 0.6 is 11.8 Å². The number of phenols is 1. The van der Waals surface area contributed by atoms with Crippen LogP contribution in [0.3, 0.4) is 0 Å². The molecule has 0 aliphatic heterocycles. The first-order chi connectivity index (χ1) is 13.4. The Balaban J connectivity index is 2.06. The summed E-state index contributed by atoms with van der Waals surface area (Å²) in [6, 6.07) is 3.93. The van der Waals surface area contributed by atoms with E-state index in [4.69, 9.17) is 0 Å². The fourth-order valence-electron chi connectivity index (χ4n) is 2.93. The average Bonchev–Trinajstić information content (AvgIpc) is 3.00. The van der Waals surface area contributed by atoms with Crippen molar-refractivity contribution >= 4 is 23.7 Å². The van der Waals surface area contributed by atoms with Crippen molar-refractivity contribution in [2.75, 3.05) is 12.3 Å². The van der Waals surface area contributed by atoms with Crippen molar-refractivity contribution in [2.45, 2.75) is 57.5 Å². The number of carbonyl (C=O) groups is 1. The Hall–Kier alpha value is -2.21. The minimum absolute atomic E-state index is 0.131. The molecular weight excluding hydrogens is 382 g/mol. The summed E-state index contributed by atoms with van der Waals surface area (Å²) in [5.74, 6) is 0.970. The molecule has 2 aromatic rings. The Bertz CT molecular complexity index is 851. The molecule has 0 aliphatic carbocycles. The molecule has 1 aromatic carbocycles. The van der Waals surface area contributed by atoms with Crippen molar-refractivity contribution in [1.29, 1.82) is 0 Å². The molecule has 158 valence electrons. The van der Waals surface area contributed by atoms with E-state index >= 15 is 0 Å². The summed E-state index contributed by atoms with van der Waals surface area (Å²) in [7, 11) is 1.95. The van der Waals surface area contributed by atoms with Crippen LogP contribution in [0.15, 0.2) is 35.8 Å². The number of phenolic OH excluding ortho intramolecular Hbond substituents is 1. The molecule has 1 aromatic heterocycles. The van der Waals surface area contributed by atoms with Crippen molar-refractivity contribution in [3.63, 3.8) is 0 Å². The molecule has 0 saturated carbocycles. The molecule has 2 N–H and O–H groups in total. The zero-order chi connectivity index (χ0) is 21.8. The van der Waals surface area contributed by atoms with Gasteiger partial charge >= 0.3 is 0 Å². The first kappa shape index (κ1) is 23.1. The third kappa shape index (κ3) is 6.39. The molecule has 0 fully saturated rings. The van der Waals surface area contributed by atoms with Crippen LogP contribution in [0, 0.1) is 0 Å². The summed E-state index contributed by atoms with van der Waals surface area (Å²) in [6.45, 7) is 13.0. The maximum Gasteiger partial charge on any atom is 0.244 e. The van der Waals surface area contributed by atoms with Gasteiger partial charge in [0, 0.05) is 48.9 Å². The number of thioether (sulfide) groups is 1. The molecule has 5 nitrogen and oxygen atoms in total. The molecule has 0 atom stereocenters. The van der Waals surface area contributed by atoms with E-state index in [9.17, 15) is 9.90 Å². The van der Waals surface area contributed by atoms with Gasteiger partial charge in [-0.05, 0) is 34.6 Å². The Kier molecular flexibility index (Phi) is 7.22. The molecule has 0 unspecified atom stereocenters. The molecule has 0 saturated heterocycles. The largest absolute Gasteiger partial charge is 0.507 e. The highest BCUT2D eigenvalue weighted by Crippen LogP contribution is 2.39. The van der Waals surface area contributed by atoms with Gasteiger partial charge < -0.3 is 15.0 Å². The third-order valence-corrected chi connectivity index (χ3v) is 5.64. The van der Waals surface area contributed by atoms with E-state index in [0.717, 1.165) is 27.6 Å². The smallest absolute Gasteiger partial charge is 0.244 e. The number of aromatic hydroxyl groups is 1. The number of hydrogen-bond donors (Lipinski definition) is 2. The molecule has 1 amide bonds. The molecule has 29 heavy (non-hydrogen) atoms. The van der Waals surface area contributed by atoms with Gasteiger partial charge in [-0.15, -0.1) is 0 Å². The predicted molar refractivity (Wildman–Crippen MR) is 121 cm³/mol. The monoisotopic (exact) mass is 415 g/mol. The van der Waals surface area contributed by atoms with Crippen LogP contribution in [-0.2, 0) is 22.7 Å². The summed E-state index contributed by atoms with van der Waals surface area (Å²) in [4.78, 5) is 16.4. The van der Waals surface area contributed by atoms with Crippen LogP contribution in [0.2, 0.25) is 0 Å². The van der Waals surface area contributed by atoms with E-state index in [0.29, 0.717) is 12.3 Å². The van der Waals surface area contributed by atoms with Crippen molar-refractivity contribution in [2.24, 2.45) is 7.05 Å². The van der Waals surface area contributed by atoms with Crippen LogP contribution in [0.25, 0.3) is 6.08 Å². The molecule has 0 spiro atoms. The Morgan fingerprint density at radius 1 is 1.17 bits per heavy atom. The first-order valence-corrected chi connectivity index (χ1v) is 10.8. The summed E-state index contributed by atoms with van der Waals surface area (Å²) in [5.41, 5.74) is 2.29.